The van der Waals surface area contributed by atoms with Crippen LogP contribution in [0.5, 0.6) is 57.5 Å². The van der Waals surface area contributed by atoms with Crippen molar-refractivity contribution < 1.29 is 89.0 Å². The highest BCUT2D eigenvalue weighted by atomic mass is 16.5. The zero-order valence-electron chi connectivity index (χ0n) is 38.2. The molecule has 10 N–H and O–H groups in total. The lowest BCUT2D eigenvalue weighted by Crippen LogP contribution is -2.41. The summed E-state index contributed by atoms with van der Waals surface area (Å²) in [5, 5.41) is 110. The standard InChI is InChI=1S/C50H58O18/c1-61-38-12-26(6-9-35(38)54)19-49(59)24-66-47(33(49)21-51)29-14-31(45(57)41(17-29)64-4)32-15-30(18-42(65-5)46(32)58)48-34(22-52)50(60,25-67-48)20-27-7-11-37(40(13-27)63-3)68-43(23-53)44(56)28-8-10-36(55)39(16-28)62-2/h6-18,33-34,43-44,47-48,51-60H,19-25H2,1-5H3. The molecule has 0 aromatic heterocycles. The van der Waals surface area contributed by atoms with E-state index in [-0.39, 0.29) is 94.7 Å². The number of hydrogen-bond donors (Lipinski definition) is 10. The van der Waals surface area contributed by atoms with Gasteiger partial charge in [-0.25, -0.2) is 0 Å². The minimum atomic E-state index is -1.66. The molecule has 2 aliphatic heterocycles. The highest BCUT2D eigenvalue weighted by Crippen LogP contribution is 2.52. The maximum absolute atomic E-state index is 12.2. The van der Waals surface area contributed by atoms with E-state index < -0.39 is 67.3 Å². The Morgan fingerprint density at radius 2 is 0.985 bits per heavy atom. The quantitative estimate of drug-likeness (QED) is 0.0560. The first-order valence-corrected chi connectivity index (χ1v) is 21.7. The van der Waals surface area contributed by atoms with Crippen LogP contribution in [0.3, 0.4) is 0 Å². The van der Waals surface area contributed by atoms with E-state index in [4.69, 9.17) is 37.9 Å². The van der Waals surface area contributed by atoms with Gasteiger partial charge < -0.3 is 89.0 Å². The fraction of sp³-hybridized carbons (Fsp3) is 0.400. The SMILES string of the molecule is COc1cc(CC2(O)COC(c3cc(OC)c(O)c(-c4cc(C5OCC(O)(Cc6ccc(OC(CO)C(O)c7ccc(O)c(OC)c7)c(OC)c6)C5CO)cc(OC)c4O)c3)C2CO)ccc1O. The van der Waals surface area contributed by atoms with E-state index in [9.17, 15) is 51.1 Å². The highest BCUT2D eigenvalue weighted by Gasteiger charge is 2.51. The molecule has 0 radical (unpaired) electrons. The molecule has 0 aliphatic carbocycles. The summed E-state index contributed by atoms with van der Waals surface area (Å²) in [5.74, 6) is -2.04. The van der Waals surface area contributed by atoms with Gasteiger partial charge in [-0.2, -0.15) is 0 Å². The summed E-state index contributed by atoms with van der Waals surface area (Å²) in [4.78, 5) is 0. The van der Waals surface area contributed by atoms with Crippen molar-refractivity contribution in [3.05, 3.63) is 107 Å². The van der Waals surface area contributed by atoms with Crippen LogP contribution >= 0.6 is 0 Å². The lowest BCUT2D eigenvalue weighted by Gasteiger charge is -2.30. The van der Waals surface area contributed by atoms with Gasteiger partial charge in [-0.3, -0.25) is 0 Å². The molecular formula is C50H58O18. The van der Waals surface area contributed by atoms with Gasteiger partial charge in [0.25, 0.3) is 0 Å². The molecule has 0 amide bonds. The van der Waals surface area contributed by atoms with E-state index in [0.717, 1.165) is 0 Å². The topological polar surface area (TPSA) is 276 Å². The molecule has 18 heteroatoms. The Morgan fingerprint density at radius 3 is 1.44 bits per heavy atom. The summed E-state index contributed by atoms with van der Waals surface area (Å²) in [6.07, 6.45) is -4.38. The molecule has 2 saturated heterocycles. The smallest absolute Gasteiger partial charge is 0.165 e. The number of methoxy groups -OCH3 is 5. The van der Waals surface area contributed by atoms with Crippen molar-refractivity contribution in [1.29, 1.82) is 0 Å². The Kier molecular flexibility index (Phi) is 15.0. The van der Waals surface area contributed by atoms with Gasteiger partial charge in [0.05, 0.1) is 92.0 Å². The average Bonchev–Trinajstić information content (AvgIpc) is 3.86. The predicted molar refractivity (Wildman–Crippen MR) is 243 cm³/mol. The van der Waals surface area contributed by atoms with Crippen LogP contribution in [0, 0.1) is 11.8 Å². The lowest BCUT2D eigenvalue weighted by atomic mass is 9.79. The third kappa shape index (κ3) is 9.59. The largest absolute Gasteiger partial charge is 0.504 e. The zero-order valence-corrected chi connectivity index (χ0v) is 38.2. The van der Waals surface area contributed by atoms with E-state index in [2.05, 4.69) is 0 Å². The number of aliphatic hydroxyl groups is 6. The molecule has 18 nitrogen and oxygen atoms in total. The number of aromatic hydroxyl groups is 4. The van der Waals surface area contributed by atoms with Crippen molar-refractivity contribution in [3.8, 4) is 68.6 Å². The Balaban J connectivity index is 1.15. The molecule has 7 rings (SSSR count). The summed E-state index contributed by atoms with van der Waals surface area (Å²) in [6.45, 7) is -2.03. The second kappa shape index (κ2) is 20.6. The van der Waals surface area contributed by atoms with Crippen LogP contribution in [0.15, 0.2) is 78.9 Å². The van der Waals surface area contributed by atoms with Crippen molar-refractivity contribution in [2.24, 2.45) is 11.8 Å². The lowest BCUT2D eigenvalue weighted by molar-refractivity contribution is -0.0155. The van der Waals surface area contributed by atoms with Crippen LogP contribution in [0.1, 0.15) is 46.1 Å². The van der Waals surface area contributed by atoms with Gasteiger partial charge in [0.1, 0.15) is 6.10 Å². The first kappa shape index (κ1) is 49.7. The number of phenolic OH excluding ortho intramolecular Hbond substituents is 4. The third-order valence-electron chi connectivity index (χ3n) is 13.0. The third-order valence-corrected chi connectivity index (χ3v) is 13.0. The number of rotatable bonds is 19. The number of phenols is 4. The predicted octanol–water partition coefficient (Wildman–Crippen LogP) is 4.00. The van der Waals surface area contributed by atoms with Crippen LogP contribution in [0.25, 0.3) is 11.1 Å². The Hall–Kier alpha value is -6.22. The average molecular weight is 947 g/mol. The molecule has 8 atom stereocenters. The maximum Gasteiger partial charge on any atom is 0.165 e. The van der Waals surface area contributed by atoms with E-state index in [0.29, 0.717) is 27.8 Å². The van der Waals surface area contributed by atoms with E-state index in [1.165, 1.54) is 78.0 Å². The molecular weight excluding hydrogens is 889 g/mol. The minimum absolute atomic E-state index is 0.00656. The molecule has 0 bridgehead atoms. The summed E-state index contributed by atoms with van der Waals surface area (Å²) in [7, 11) is 6.87. The Morgan fingerprint density at radius 1 is 0.544 bits per heavy atom. The monoisotopic (exact) mass is 946 g/mol. The Labute approximate surface area is 392 Å². The van der Waals surface area contributed by atoms with Crippen molar-refractivity contribution in [2.75, 3.05) is 68.6 Å². The van der Waals surface area contributed by atoms with Gasteiger partial charge in [0.2, 0.25) is 0 Å². The molecule has 0 spiro atoms. The summed E-state index contributed by atoms with van der Waals surface area (Å²) < 4.78 is 45.6. The number of aliphatic hydroxyl groups excluding tert-OH is 4. The van der Waals surface area contributed by atoms with Crippen LogP contribution in [0.4, 0.5) is 0 Å². The molecule has 2 fully saturated rings. The second-order valence-electron chi connectivity index (χ2n) is 17.0. The highest BCUT2D eigenvalue weighted by molar-refractivity contribution is 5.81. The summed E-state index contributed by atoms with van der Waals surface area (Å²) >= 11 is 0. The summed E-state index contributed by atoms with van der Waals surface area (Å²) in [5.41, 5.74) is -0.841. The van der Waals surface area contributed by atoms with Gasteiger partial charge in [-0.15, -0.1) is 0 Å². The first-order valence-electron chi connectivity index (χ1n) is 21.7. The molecule has 5 aromatic rings. The fourth-order valence-corrected chi connectivity index (χ4v) is 9.26. The van der Waals surface area contributed by atoms with Gasteiger partial charge in [0.15, 0.2) is 63.6 Å². The van der Waals surface area contributed by atoms with Gasteiger partial charge in [-0.1, -0.05) is 18.2 Å². The van der Waals surface area contributed by atoms with Crippen LogP contribution in [-0.2, 0) is 22.3 Å². The van der Waals surface area contributed by atoms with Crippen molar-refractivity contribution in [3.63, 3.8) is 0 Å². The molecule has 8 unspecified atom stereocenters. The van der Waals surface area contributed by atoms with Gasteiger partial charge in [-0.05, 0) is 88.5 Å². The van der Waals surface area contributed by atoms with Gasteiger partial charge in [0, 0.05) is 35.8 Å². The molecule has 0 saturated carbocycles. The Bertz CT molecular complexity index is 2570. The van der Waals surface area contributed by atoms with Crippen molar-refractivity contribution in [1.82, 2.24) is 0 Å². The molecule has 2 aliphatic rings. The number of hydrogen-bond acceptors (Lipinski definition) is 18. The van der Waals surface area contributed by atoms with Crippen LogP contribution in [0.2, 0.25) is 0 Å². The number of ether oxygens (including phenoxy) is 8. The van der Waals surface area contributed by atoms with E-state index >= 15 is 0 Å². The van der Waals surface area contributed by atoms with E-state index in [1.54, 1.807) is 36.4 Å². The normalized spacial score (nSPS) is 23.2. The van der Waals surface area contributed by atoms with Crippen molar-refractivity contribution >= 4 is 0 Å². The summed E-state index contributed by atoms with van der Waals surface area (Å²) in [6, 6.07) is 19.9. The first-order chi connectivity index (χ1) is 32.6. The molecule has 2 heterocycles. The minimum Gasteiger partial charge on any atom is -0.504 e. The van der Waals surface area contributed by atoms with Crippen LogP contribution in [-0.4, -0.2) is 137 Å². The van der Waals surface area contributed by atoms with Gasteiger partial charge >= 0.3 is 0 Å². The fourth-order valence-electron chi connectivity index (χ4n) is 9.26. The zero-order chi connectivity index (χ0) is 49.1. The second-order valence-corrected chi connectivity index (χ2v) is 17.0. The maximum atomic E-state index is 12.2. The number of benzene rings is 5. The van der Waals surface area contributed by atoms with E-state index in [1.807, 2.05) is 0 Å². The molecule has 68 heavy (non-hydrogen) atoms. The molecule has 366 valence electrons. The van der Waals surface area contributed by atoms with Crippen molar-refractivity contribution in [2.45, 2.75) is 48.5 Å². The van der Waals surface area contributed by atoms with Crippen LogP contribution < -0.4 is 28.4 Å². The molecule has 5 aromatic carbocycles.